The van der Waals surface area contributed by atoms with E-state index in [4.69, 9.17) is 20.8 Å². The summed E-state index contributed by atoms with van der Waals surface area (Å²) in [7, 11) is 0. The summed E-state index contributed by atoms with van der Waals surface area (Å²) in [6.45, 7) is 3.00. The Morgan fingerprint density at radius 3 is 2.70 bits per heavy atom. The van der Waals surface area contributed by atoms with E-state index in [1.165, 1.54) is 25.1 Å². The third-order valence-electron chi connectivity index (χ3n) is 3.58. The Morgan fingerprint density at radius 2 is 2.00 bits per heavy atom. The van der Waals surface area contributed by atoms with Gasteiger partial charge in [-0.3, -0.25) is 9.59 Å². The molecule has 0 aliphatic heterocycles. The summed E-state index contributed by atoms with van der Waals surface area (Å²) in [4.78, 5) is 23.8. The number of fused-ring (bicyclic) bond motifs is 2. The zero-order valence-electron chi connectivity index (χ0n) is 12.4. The van der Waals surface area contributed by atoms with Crippen LogP contribution in [0.1, 0.15) is 13.8 Å². The fourth-order valence-corrected chi connectivity index (χ4v) is 2.42. The first-order valence-electron chi connectivity index (χ1n) is 6.93. The minimum absolute atomic E-state index is 0.0580. The maximum Gasteiger partial charge on any atom is 0.204 e. The lowest BCUT2D eigenvalue weighted by atomic mass is 10.1. The first-order valence-corrected chi connectivity index (χ1v) is 7.31. The fraction of sp³-hybridized carbons (Fsp3) is 0.176. The largest absolute Gasteiger partial charge is 0.507 e. The molecule has 0 bridgehead atoms. The third kappa shape index (κ3) is 2.75. The van der Waals surface area contributed by atoms with Crippen molar-refractivity contribution in [3.05, 3.63) is 45.6 Å². The van der Waals surface area contributed by atoms with Crippen molar-refractivity contribution in [3.8, 4) is 11.5 Å². The van der Waals surface area contributed by atoms with E-state index in [9.17, 15) is 14.7 Å². The molecule has 0 fully saturated rings. The van der Waals surface area contributed by atoms with Gasteiger partial charge in [-0.15, -0.1) is 0 Å². The van der Waals surface area contributed by atoms with Crippen LogP contribution in [0.15, 0.2) is 39.5 Å². The highest BCUT2D eigenvalue weighted by Gasteiger charge is 2.16. The predicted molar refractivity (Wildman–Crippen MR) is 87.4 cm³/mol. The number of ether oxygens (including phenoxy) is 1. The Bertz CT molecular complexity index is 990. The van der Waals surface area contributed by atoms with Gasteiger partial charge in [0.25, 0.3) is 0 Å². The predicted octanol–water partition coefficient (Wildman–Crippen LogP) is 3.66. The van der Waals surface area contributed by atoms with Crippen LogP contribution in [0.2, 0.25) is 5.02 Å². The van der Waals surface area contributed by atoms with E-state index in [-0.39, 0.29) is 33.7 Å². The molecule has 2 aromatic carbocycles. The van der Waals surface area contributed by atoms with Crippen molar-refractivity contribution in [1.29, 1.82) is 0 Å². The minimum Gasteiger partial charge on any atom is -0.507 e. The molecule has 1 N–H and O–H groups in total. The van der Waals surface area contributed by atoms with Crippen LogP contribution < -0.4 is 10.2 Å². The van der Waals surface area contributed by atoms with Gasteiger partial charge in [0.15, 0.2) is 11.9 Å². The molecule has 1 atom stereocenters. The van der Waals surface area contributed by atoms with E-state index in [1.807, 2.05) is 0 Å². The molecule has 3 rings (SSSR count). The number of hydrogen-bond acceptors (Lipinski definition) is 5. The summed E-state index contributed by atoms with van der Waals surface area (Å²) in [5, 5.41) is 11.0. The molecule has 0 unspecified atom stereocenters. The summed E-state index contributed by atoms with van der Waals surface area (Å²) >= 11 is 5.91. The van der Waals surface area contributed by atoms with Crippen molar-refractivity contribution in [2.24, 2.45) is 0 Å². The van der Waals surface area contributed by atoms with Gasteiger partial charge >= 0.3 is 0 Å². The quantitative estimate of drug-likeness (QED) is 0.741. The van der Waals surface area contributed by atoms with E-state index in [0.717, 1.165) is 0 Å². The molecule has 118 valence electrons. The highest BCUT2D eigenvalue weighted by Crippen LogP contribution is 2.31. The van der Waals surface area contributed by atoms with Crippen LogP contribution in [-0.2, 0) is 4.79 Å². The molecule has 3 aromatic rings. The number of rotatable bonds is 3. The molecule has 0 aliphatic rings. The molecule has 0 aliphatic carbocycles. The molecule has 6 heteroatoms. The molecule has 0 amide bonds. The van der Waals surface area contributed by atoms with Crippen molar-refractivity contribution >= 4 is 39.3 Å². The summed E-state index contributed by atoms with van der Waals surface area (Å²) < 4.78 is 11.1. The van der Waals surface area contributed by atoms with E-state index < -0.39 is 6.10 Å². The lowest BCUT2D eigenvalue weighted by molar-refractivity contribution is -0.122. The van der Waals surface area contributed by atoms with Crippen molar-refractivity contribution in [3.63, 3.8) is 0 Å². The summed E-state index contributed by atoms with van der Waals surface area (Å²) in [5.41, 5.74) is 0.114. The van der Waals surface area contributed by atoms with Gasteiger partial charge in [0.1, 0.15) is 28.1 Å². The van der Waals surface area contributed by atoms with Gasteiger partial charge in [-0.2, -0.15) is 0 Å². The number of phenols is 1. The molecule has 1 aromatic heterocycles. The van der Waals surface area contributed by atoms with Crippen LogP contribution in [0, 0.1) is 0 Å². The van der Waals surface area contributed by atoms with Crippen molar-refractivity contribution < 1.29 is 19.1 Å². The van der Waals surface area contributed by atoms with Crippen molar-refractivity contribution in [2.45, 2.75) is 20.0 Å². The maximum absolute atomic E-state index is 12.5. The molecular formula is C17H13ClO5. The number of carbonyl (C=O) groups excluding carboxylic acids is 1. The average Bonchev–Trinajstić information content (AvgIpc) is 2.46. The molecule has 23 heavy (non-hydrogen) atoms. The molecule has 1 heterocycles. The first-order chi connectivity index (χ1) is 10.9. The standard InChI is InChI=1S/C17H13ClO5/c1-8(19)9(2)22-11-6-13(20)16-15(7-11)23-14-5-10(18)3-4-12(14)17(16)21/h3-7,9,20H,1-2H3/t9-/m1/s1. The van der Waals surface area contributed by atoms with Crippen LogP contribution >= 0.6 is 11.6 Å². The van der Waals surface area contributed by atoms with Gasteiger partial charge in [0, 0.05) is 23.2 Å². The van der Waals surface area contributed by atoms with Crippen molar-refractivity contribution in [1.82, 2.24) is 0 Å². The number of aromatic hydroxyl groups is 1. The zero-order valence-corrected chi connectivity index (χ0v) is 13.2. The van der Waals surface area contributed by atoms with Gasteiger partial charge < -0.3 is 14.3 Å². The lowest BCUT2D eigenvalue weighted by Crippen LogP contribution is -2.20. The second-order valence-electron chi connectivity index (χ2n) is 5.26. The van der Waals surface area contributed by atoms with E-state index in [0.29, 0.717) is 16.0 Å². The Hall–Kier alpha value is -2.53. The highest BCUT2D eigenvalue weighted by molar-refractivity contribution is 6.31. The SMILES string of the molecule is CC(=O)[C@@H](C)Oc1cc(O)c2c(=O)c3ccc(Cl)cc3oc2c1. The van der Waals surface area contributed by atoms with Gasteiger partial charge in [0.2, 0.25) is 5.43 Å². The third-order valence-corrected chi connectivity index (χ3v) is 3.81. The van der Waals surface area contributed by atoms with Crippen LogP contribution in [0.3, 0.4) is 0 Å². The highest BCUT2D eigenvalue weighted by atomic mass is 35.5. The number of carbonyl (C=O) groups is 1. The number of Topliss-reactive ketones (excluding diaryl/α,β-unsaturated/α-hetero) is 1. The molecule has 0 spiro atoms. The molecular weight excluding hydrogens is 320 g/mol. The number of ketones is 1. The summed E-state index contributed by atoms with van der Waals surface area (Å²) in [5.74, 6) is -0.183. The molecule has 0 saturated carbocycles. The Kier molecular flexibility index (Phi) is 3.74. The second-order valence-corrected chi connectivity index (χ2v) is 5.69. The molecule has 5 nitrogen and oxygen atoms in total. The second kappa shape index (κ2) is 5.59. The van der Waals surface area contributed by atoms with Gasteiger partial charge in [-0.05, 0) is 26.0 Å². The van der Waals surface area contributed by atoms with E-state index in [2.05, 4.69) is 0 Å². The van der Waals surface area contributed by atoms with Crippen LogP contribution in [-0.4, -0.2) is 17.0 Å². The van der Waals surface area contributed by atoms with Crippen LogP contribution in [0.4, 0.5) is 0 Å². The normalized spacial score (nSPS) is 12.5. The smallest absolute Gasteiger partial charge is 0.204 e. The number of benzene rings is 2. The maximum atomic E-state index is 12.5. The zero-order chi connectivity index (χ0) is 16.7. The monoisotopic (exact) mass is 332 g/mol. The van der Waals surface area contributed by atoms with Crippen molar-refractivity contribution in [2.75, 3.05) is 0 Å². The van der Waals surface area contributed by atoms with Gasteiger partial charge in [-0.25, -0.2) is 0 Å². The van der Waals surface area contributed by atoms with Crippen LogP contribution in [0.25, 0.3) is 21.9 Å². The molecule has 0 saturated heterocycles. The number of halogens is 1. The van der Waals surface area contributed by atoms with E-state index >= 15 is 0 Å². The van der Waals surface area contributed by atoms with Gasteiger partial charge in [-0.1, -0.05) is 11.6 Å². The topological polar surface area (TPSA) is 76.7 Å². The van der Waals surface area contributed by atoms with E-state index in [1.54, 1.807) is 19.1 Å². The lowest BCUT2D eigenvalue weighted by Gasteiger charge is -2.12. The van der Waals surface area contributed by atoms with Crippen LogP contribution in [0.5, 0.6) is 11.5 Å². The number of phenolic OH excluding ortho intramolecular Hbond substituents is 1. The average molecular weight is 333 g/mol. The Morgan fingerprint density at radius 1 is 1.26 bits per heavy atom. The fourth-order valence-electron chi connectivity index (χ4n) is 2.26. The number of hydrogen-bond donors (Lipinski definition) is 1. The summed E-state index contributed by atoms with van der Waals surface area (Å²) in [6, 6.07) is 7.41. The Balaban J connectivity index is 2.25. The first kappa shape index (κ1) is 15.4. The van der Waals surface area contributed by atoms with Gasteiger partial charge in [0.05, 0.1) is 5.39 Å². The Labute approximate surface area is 136 Å². The minimum atomic E-state index is -0.673. The summed E-state index contributed by atoms with van der Waals surface area (Å²) in [6.07, 6.45) is -0.673. The molecule has 0 radical (unpaired) electrons.